The maximum absolute atomic E-state index is 12.7. The number of para-hydroxylation sites is 1. The summed E-state index contributed by atoms with van der Waals surface area (Å²) in [4.78, 5) is 14.5. The molecule has 0 saturated carbocycles. The highest BCUT2D eigenvalue weighted by atomic mass is 16.5. The Hall–Kier alpha value is -1.75. The summed E-state index contributed by atoms with van der Waals surface area (Å²) in [7, 11) is 3.58. The largest absolute Gasteiger partial charge is 0.496 e. The zero-order chi connectivity index (χ0) is 19.2. The molecule has 0 aliphatic carbocycles. The second-order valence-electron chi connectivity index (χ2n) is 7.84. The van der Waals surface area contributed by atoms with Gasteiger partial charge in [0.25, 0.3) is 0 Å². The average Bonchev–Trinajstić information content (AvgIpc) is 2.65. The van der Waals surface area contributed by atoms with Crippen LogP contribution in [0.4, 0.5) is 4.79 Å². The van der Waals surface area contributed by atoms with E-state index in [0.717, 1.165) is 30.6 Å². The minimum atomic E-state index is -0.150. The Morgan fingerprint density at radius 3 is 2.54 bits per heavy atom. The molecule has 2 rings (SSSR count). The van der Waals surface area contributed by atoms with Crippen LogP contribution in [0.1, 0.15) is 45.6 Å². The van der Waals surface area contributed by atoms with Crippen molar-refractivity contribution in [1.82, 2.24) is 10.2 Å². The summed E-state index contributed by atoms with van der Waals surface area (Å²) >= 11 is 0. The third-order valence-corrected chi connectivity index (χ3v) is 5.50. The summed E-state index contributed by atoms with van der Waals surface area (Å²) in [5.41, 5.74) is 1.01. The lowest BCUT2D eigenvalue weighted by Crippen LogP contribution is -2.49. The Bertz CT molecular complexity index is 582. The van der Waals surface area contributed by atoms with Gasteiger partial charge in [-0.2, -0.15) is 0 Å². The fourth-order valence-corrected chi connectivity index (χ4v) is 3.80. The van der Waals surface area contributed by atoms with Crippen molar-refractivity contribution in [2.24, 2.45) is 5.92 Å². The predicted molar refractivity (Wildman–Crippen MR) is 105 cm³/mol. The fraction of sp³-hybridized carbons (Fsp3) is 0.667. The number of carbonyl (C=O) groups is 1. The van der Waals surface area contributed by atoms with E-state index in [1.54, 1.807) is 7.11 Å². The summed E-state index contributed by atoms with van der Waals surface area (Å²) < 4.78 is 11.2. The molecule has 0 radical (unpaired) electrons. The lowest BCUT2D eigenvalue weighted by atomic mass is 9.73. The number of urea groups is 1. The van der Waals surface area contributed by atoms with Crippen molar-refractivity contribution >= 4 is 6.03 Å². The molecule has 1 fully saturated rings. The van der Waals surface area contributed by atoms with Gasteiger partial charge in [-0.15, -0.1) is 0 Å². The highest BCUT2D eigenvalue weighted by molar-refractivity contribution is 5.74. The Morgan fingerprint density at radius 1 is 1.27 bits per heavy atom. The van der Waals surface area contributed by atoms with Gasteiger partial charge in [-0.3, -0.25) is 0 Å². The molecular weight excluding hydrogens is 328 g/mol. The van der Waals surface area contributed by atoms with Gasteiger partial charge in [0, 0.05) is 43.8 Å². The molecule has 2 amide bonds. The number of carbonyl (C=O) groups excluding carboxylic acids is 1. The van der Waals surface area contributed by atoms with Crippen molar-refractivity contribution in [2.45, 2.75) is 51.5 Å². The van der Waals surface area contributed by atoms with Gasteiger partial charge in [0.05, 0.1) is 7.11 Å². The first-order valence-electron chi connectivity index (χ1n) is 9.61. The number of amides is 2. The number of hydrogen-bond donors (Lipinski definition) is 1. The molecule has 1 aromatic rings. The number of benzene rings is 1. The van der Waals surface area contributed by atoms with E-state index >= 15 is 0 Å². The zero-order valence-corrected chi connectivity index (χ0v) is 16.9. The summed E-state index contributed by atoms with van der Waals surface area (Å²) in [6, 6.07) is 8.32. The number of hydrogen-bond acceptors (Lipinski definition) is 3. The minimum Gasteiger partial charge on any atom is -0.496 e. The maximum atomic E-state index is 12.7. The number of methoxy groups -OCH3 is 1. The van der Waals surface area contributed by atoms with E-state index < -0.39 is 0 Å². The van der Waals surface area contributed by atoms with Crippen LogP contribution in [0.5, 0.6) is 5.75 Å². The maximum Gasteiger partial charge on any atom is 0.317 e. The highest BCUT2D eigenvalue weighted by Crippen LogP contribution is 2.39. The van der Waals surface area contributed by atoms with Crippen LogP contribution in [-0.4, -0.2) is 50.9 Å². The highest BCUT2D eigenvalue weighted by Gasteiger charge is 2.37. The van der Waals surface area contributed by atoms with Gasteiger partial charge >= 0.3 is 6.03 Å². The SMILES string of the molecule is COc1ccccc1C1(CNC(=O)N(C)C(C)CC(C)C)CCOCC1. The molecule has 0 bridgehead atoms. The van der Waals surface area contributed by atoms with Crippen LogP contribution in [0.15, 0.2) is 24.3 Å². The van der Waals surface area contributed by atoms with Gasteiger partial charge in [-0.25, -0.2) is 4.79 Å². The lowest BCUT2D eigenvalue weighted by molar-refractivity contribution is 0.0492. The first kappa shape index (κ1) is 20.6. The molecule has 146 valence electrons. The van der Waals surface area contributed by atoms with E-state index in [0.29, 0.717) is 25.7 Å². The van der Waals surface area contributed by atoms with Crippen LogP contribution >= 0.6 is 0 Å². The summed E-state index contributed by atoms with van der Waals surface area (Å²) in [6.07, 6.45) is 2.74. The predicted octanol–water partition coefficient (Wildman–Crippen LogP) is 3.82. The molecule has 1 unspecified atom stereocenters. The number of ether oxygens (including phenoxy) is 2. The Kier molecular flexibility index (Phi) is 7.33. The molecule has 1 aromatic carbocycles. The topological polar surface area (TPSA) is 50.8 Å². The number of nitrogens with zero attached hydrogens (tertiary/aromatic N) is 1. The third-order valence-electron chi connectivity index (χ3n) is 5.50. The fourth-order valence-electron chi connectivity index (χ4n) is 3.80. The molecule has 1 atom stereocenters. The van der Waals surface area contributed by atoms with Crippen LogP contribution < -0.4 is 10.1 Å². The van der Waals surface area contributed by atoms with Crippen molar-refractivity contribution < 1.29 is 14.3 Å². The number of rotatable bonds is 7. The van der Waals surface area contributed by atoms with Gasteiger partial charge in [0.1, 0.15) is 5.75 Å². The molecule has 5 nitrogen and oxygen atoms in total. The van der Waals surface area contributed by atoms with Gasteiger partial charge in [-0.1, -0.05) is 32.0 Å². The second-order valence-corrected chi connectivity index (χ2v) is 7.84. The third kappa shape index (κ3) is 4.91. The summed E-state index contributed by atoms with van der Waals surface area (Å²) in [6.45, 7) is 8.46. The molecule has 1 N–H and O–H groups in total. The van der Waals surface area contributed by atoms with Crippen LogP contribution in [0.2, 0.25) is 0 Å². The molecule has 26 heavy (non-hydrogen) atoms. The smallest absolute Gasteiger partial charge is 0.317 e. The van der Waals surface area contributed by atoms with Crippen LogP contribution in [0, 0.1) is 5.92 Å². The van der Waals surface area contributed by atoms with Crippen molar-refractivity contribution in [3.8, 4) is 5.75 Å². The first-order chi connectivity index (χ1) is 12.4. The average molecular weight is 363 g/mol. The Labute approximate surface area is 158 Å². The molecule has 1 aliphatic rings. The van der Waals surface area contributed by atoms with Gasteiger partial charge in [-0.05, 0) is 38.2 Å². The standard InChI is InChI=1S/C21H34N2O3/c1-16(2)14-17(3)23(4)20(24)22-15-21(10-12-26-13-11-21)18-8-6-7-9-19(18)25-5/h6-9,16-17H,10-15H2,1-5H3,(H,22,24). The van der Waals surface area contributed by atoms with Crippen LogP contribution in [0.3, 0.4) is 0 Å². The monoisotopic (exact) mass is 362 g/mol. The van der Waals surface area contributed by atoms with E-state index in [9.17, 15) is 4.79 Å². The van der Waals surface area contributed by atoms with Crippen molar-refractivity contribution in [3.63, 3.8) is 0 Å². The lowest BCUT2D eigenvalue weighted by Gasteiger charge is -2.39. The van der Waals surface area contributed by atoms with E-state index in [1.165, 1.54) is 0 Å². The minimum absolute atomic E-state index is 0.0149. The van der Waals surface area contributed by atoms with E-state index in [-0.39, 0.29) is 17.5 Å². The molecule has 1 heterocycles. The van der Waals surface area contributed by atoms with Gasteiger partial charge in [0.15, 0.2) is 0 Å². The molecular formula is C21H34N2O3. The molecule has 1 saturated heterocycles. The molecule has 1 aliphatic heterocycles. The summed E-state index contributed by atoms with van der Waals surface area (Å²) in [5.74, 6) is 1.45. The van der Waals surface area contributed by atoms with Gasteiger partial charge in [0.2, 0.25) is 0 Å². The molecule has 5 heteroatoms. The van der Waals surface area contributed by atoms with Crippen molar-refractivity contribution in [2.75, 3.05) is 33.9 Å². The van der Waals surface area contributed by atoms with Crippen LogP contribution in [-0.2, 0) is 10.2 Å². The quantitative estimate of drug-likeness (QED) is 0.802. The van der Waals surface area contributed by atoms with Crippen molar-refractivity contribution in [3.05, 3.63) is 29.8 Å². The Balaban J connectivity index is 2.12. The van der Waals surface area contributed by atoms with Crippen LogP contribution in [0.25, 0.3) is 0 Å². The van der Waals surface area contributed by atoms with Gasteiger partial charge < -0.3 is 19.7 Å². The second kappa shape index (κ2) is 9.26. The Morgan fingerprint density at radius 2 is 1.92 bits per heavy atom. The molecule has 0 aromatic heterocycles. The van der Waals surface area contributed by atoms with E-state index in [2.05, 4.69) is 32.2 Å². The first-order valence-corrected chi connectivity index (χ1v) is 9.61. The normalized spacial score (nSPS) is 17.6. The zero-order valence-electron chi connectivity index (χ0n) is 16.9. The van der Waals surface area contributed by atoms with E-state index in [4.69, 9.17) is 9.47 Å². The van der Waals surface area contributed by atoms with Crippen molar-refractivity contribution in [1.29, 1.82) is 0 Å². The molecule has 0 spiro atoms. The number of nitrogens with one attached hydrogen (secondary N) is 1. The van der Waals surface area contributed by atoms with E-state index in [1.807, 2.05) is 30.1 Å². The summed E-state index contributed by atoms with van der Waals surface area (Å²) in [5, 5.41) is 3.17.